The van der Waals surface area contributed by atoms with Crippen LogP contribution in [0.3, 0.4) is 0 Å². The highest BCUT2D eigenvalue weighted by Gasteiger charge is 2.59. The van der Waals surface area contributed by atoms with Gasteiger partial charge in [0.05, 0.1) is 6.61 Å². The van der Waals surface area contributed by atoms with Crippen molar-refractivity contribution in [2.75, 3.05) is 6.61 Å². The van der Waals surface area contributed by atoms with E-state index in [1.165, 1.54) is 56.1 Å². The zero-order chi connectivity index (χ0) is 15.5. The van der Waals surface area contributed by atoms with Gasteiger partial charge in [0.2, 0.25) is 0 Å². The second-order valence-electron chi connectivity index (χ2n) is 9.36. The lowest BCUT2D eigenvalue weighted by molar-refractivity contribution is -0.125. The van der Waals surface area contributed by atoms with Crippen molar-refractivity contribution >= 4 is 0 Å². The first-order valence-corrected chi connectivity index (χ1v) is 9.06. The highest BCUT2D eigenvalue weighted by atomic mass is 16.3. The third-order valence-electron chi connectivity index (χ3n) is 7.96. The first-order chi connectivity index (χ1) is 9.75. The molecule has 3 rings (SSSR count). The molecule has 0 heterocycles. The molecule has 0 radical (unpaired) electrons. The first-order valence-electron chi connectivity index (χ1n) is 9.06. The summed E-state index contributed by atoms with van der Waals surface area (Å²) in [6, 6.07) is 0. The number of hydrogen-bond donors (Lipinski definition) is 1. The fraction of sp³-hybridized carbons (Fsp3) is 0.900. The van der Waals surface area contributed by atoms with Gasteiger partial charge in [-0.3, -0.25) is 0 Å². The molecule has 2 saturated carbocycles. The maximum absolute atomic E-state index is 9.99. The van der Waals surface area contributed by atoms with E-state index in [2.05, 4.69) is 34.6 Å². The minimum absolute atomic E-state index is 0.260. The fourth-order valence-electron chi connectivity index (χ4n) is 6.97. The zero-order valence-corrected chi connectivity index (χ0v) is 14.8. The Bertz CT molecular complexity index is 460. The molecule has 0 unspecified atom stereocenters. The Kier molecular flexibility index (Phi) is 3.60. The molecule has 0 aliphatic heterocycles. The van der Waals surface area contributed by atoms with Crippen LogP contribution in [0.15, 0.2) is 11.1 Å². The number of allylic oxidation sites excluding steroid dienone is 1. The van der Waals surface area contributed by atoms with Crippen LogP contribution < -0.4 is 0 Å². The van der Waals surface area contributed by atoms with Crippen molar-refractivity contribution in [1.29, 1.82) is 0 Å². The summed E-state index contributed by atoms with van der Waals surface area (Å²) in [5.74, 6) is 1.64. The highest BCUT2D eigenvalue weighted by molar-refractivity contribution is 5.28. The van der Waals surface area contributed by atoms with E-state index >= 15 is 0 Å². The summed E-state index contributed by atoms with van der Waals surface area (Å²) in [6.07, 6.45) is 9.39. The lowest BCUT2D eigenvalue weighted by Crippen LogP contribution is -2.56. The molecule has 0 aromatic carbocycles. The van der Waals surface area contributed by atoms with Gasteiger partial charge in [0.15, 0.2) is 0 Å². The molecule has 0 amide bonds. The molecule has 4 atom stereocenters. The predicted molar refractivity (Wildman–Crippen MR) is 89.1 cm³/mol. The molecule has 1 N–H and O–H groups in total. The van der Waals surface area contributed by atoms with Gasteiger partial charge in [-0.25, -0.2) is 0 Å². The van der Waals surface area contributed by atoms with Gasteiger partial charge in [-0.1, -0.05) is 39.7 Å². The van der Waals surface area contributed by atoms with Gasteiger partial charge in [-0.2, -0.15) is 0 Å². The smallest absolute Gasteiger partial charge is 0.0649 e. The van der Waals surface area contributed by atoms with Crippen molar-refractivity contribution in [2.24, 2.45) is 28.1 Å². The van der Waals surface area contributed by atoms with Gasteiger partial charge in [0, 0.05) is 0 Å². The molecular weight excluding hydrogens is 256 g/mol. The normalized spacial score (nSPS) is 46.0. The summed E-state index contributed by atoms with van der Waals surface area (Å²) in [6.45, 7) is 12.6. The third kappa shape index (κ3) is 2.06. The molecular formula is C20H34O. The van der Waals surface area contributed by atoms with Crippen LogP contribution in [-0.2, 0) is 0 Å². The Hall–Kier alpha value is -0.300. The molecule has 3 aliphatic rings. The van der Waals surface area contributed by atoms with Crippen molar-refractivity contribution in [2.45, 2.75) is 79.6 Å². The fourth-order valence-corrected chi connectivity index (χ4v) is 6.97. The van der Waals surface area contributed by atoms with Gasteiger partial charge in [0.1, 0.15) is 0 Å². The van der Waals surface area contributed by atoms with Gasteiger partial charge < -0.3 is 5.11 Å². The summed E-state index contributed by atoms with van der Waals surface area (Å²) in [5, 5.41) is 9.99. The van der Waals surface area contributed by atoms with Crippen LogP contribution in [0.1, 0.15) is 79.6 Å². The maximum Gasteiger partial charge on any atom is 0.0649 e. The minimum Gasteiger partial charge on any atom is -0.392 e. The standard InChI is InChI=1S/C20H34O/c1-14-7-8-17-19(4,15(14)13-21)12-9-16-18(2,3)10-6-11-20(16,17)5/h16-17,21H,6-13H2,1-5H3/t16-,17-,19-,20-/m1/s1. The molecule has 0 aromatic heterocycles. The van der Waals surface area contributed by atoms with E-state index in [1.54, 1.807) is 0 Å². The molecule has 120 valence electrons. The van der Waals surface area contributed by atoms with E-state index in [4.69, 9.17) is 0 Å². The van der Waals surface area contributed by atoms with E-state index in [0.717, 1.165) is 11.8 Å². The predicted octanol–water partition coefficient (Wildman–Crippen LogP) is 5.34. The van der Waals surface area contributed by atoms with Gasteiger partial charge in [0.25, 0.3) is 0 Å². The lowest BCUT2D eigenvalue weighted by Gasteiger charge is -2.64. The minimum atomic E-state index is 0.260. The third-order valence-corrected chi connectivity index (χ3v) is 7.96. The first kappa shape index (κ1) is 15.6. The number of aliphatic hydroxyl groups is 1. The van der Waals surface area contributed by atoms with Crippen LogP contribution >= 0.6 is 0 Å². The summed E-state index contributed by atoms with van der Waals surface area (Å²) in [7, 11) is 0. The van der Waals surface area contributed by atoms with Crippen molar-refractivity contribution in [1.82, 2.24) is 0 Å². The molecule has 0 aromatic rings. The van der Waals surface area contributed by atoms with E-state index in [9.17, 15) is 5.11 Å². The molecule has 0 saturated heterocycles. The zero-order valence-electron chi connectivity index (χ0n) is 14.8. The van der Waals surface area contributed by atoms with Crippen LogP contribution in [-0.4, -0.2) is 11.7 Å². The molecule has 0 spiro atoms. The van der Waals surface area contributed by atoms with E-state index in [1.807, 2.05) is 0 Å². The second kappa shape index (κ2) is 4.85. The SMILES string of the molecule is CC1=C(CO)[C@@]2(C)CC[C@@H]3C(C)(C)CCC[C@@]3(C)[C@@H]2CC1. The summed E-state index contributed by atoms with van der Waals surface area (Å²) in [5.41, 5.74) is 4.12. The number of rotatable bonds is 1. The van der Waals surface area contributed by atoms with Crippen LogP contribution in [0.5, 0.6) is 0 Å². The summed E-state index contributed by atoms with van der Waals surface area (Å²) in [4.78, 5) is 0. The monoisotopic (exact) mass is 290 g/mol. The number of aliphatic hydroxyl groups excluding tert-OH is 1. The average Bonchev–Trinajstić information content (AvgIpc) is 2.36. The molecule has 0 bridgehead atoms. The topological polar surface area (TPSA) is 20.2 Å². The Balaban J connectivity index is 2.04. The Morgan fingerprint density at radius 2 is 1.71 bits per heavy atom. The highest BCUT2D eigenvalue weighted by Crippen LogP contribution is 2.68. The van der Waals surface area contributed by atoms with E-state index in [-0.39, 0.29) is 12.0 Å². The summed E-state index contributed by atoms with van der Waals surface area (Å²) >= 11 is 0. The molecule has 1 nitrogen and oxygen atoms in total. The molecule has 21 heavy (non-hydrogen) atoms. The molecule has 1 heteroatoms. The Morgan fingerprint density at radius 3 is 2.38 bits per heavy atom. The lowest BCUT2D eigenvalue weighted by atomic mass is 9.40. The summed E-state index contributed by atoms with van der Waals surface area (Å²) < 4.78 is 0. The van der Waals surface area contributed by atoms with Crippen molar-refractivity contribution in [3.8, 4) is 0 Å². The van der Waals surface area contributed by atoms with Crippen molar-refractivity contribution < 1.29 is 5.11 Å². The number of hydrogen-bond acceptors (Lipinski definition) is 1. The largest absolute Gasteiger partial charge is 0.392 e. The van der Waals surface area contributed by atoms with Gasteiger partial charge in [-0.15, -0.1) is 0 Å². The van der Waals surface area contributed by atoms with Gasteiger partial charge >= 0.3 is 0 Å². The maximum atomic E-state index is 9.99. The van der Waals surface area contributed by atoms with Crippen molar-refractivity contribution in [3.63, 3.8) is 0 Å². The number of fused-ring (bicyclic) bond motifs is 3. The van der Waals surface area contributed by atoms with Crippen LogP contribution in [0.25, 0.3) is 0 Å². The molecule has 3 aliphatic carbocycles. The van der Waals surface area contributed by atoms with Crippen LogP contribution in [0, 0.1) is 28.1 Å². The second-order valence-corrected chi connectivity index (χ2v) is 9.36. The molecule has 2 fully saturated rings. The van der Waals surface area contributed by atoms with Crippen molar-refractivity contribution in [3.05, 3.63) is 11.1 Å². The van der Waals surface area contributed by atoms with Crippen LogP contribution in [0.4, 0.5) is 0 Å². The van der Waals surface area contributed by atoms with Crippen LogP contribution in [0.2, 0.25) is 0 Å². The quantitative estimate of drug-likeness (QED) is 0.646. The average molecular weight is 290 g/mol. The van der Waals surface area contributed by atoms with Gasteiger partial charge in [-0.05, 0) is 79.1 Å². The Labute approximate surface area is 131 Å². The van der Waals surface area contributed by atoms with E-state index < -0.39 is 0 Å². The Morgan fingerprint density at radius 1 is 1.00 bits per heavy atom. The van der Waals surface area contributed by atoms with E-state index in [0.29, 0.717) is 10.8 Å².